The number of methoxy groups -OCH3 is 2. The third-order valence-corrected chi connectivity index (χ3v) is 1.75. The second kappa shape index (κ2) is 3.85. The van der Waals surface area contributed by atoms with Crippen LogP contribution < -0.4 is 9.47 Å². The van der Waals surface area contributed by atoms with E-state index in [4.69, 9.17) is 9.47 Å². The lowest BCUT2D eigenvalue weighted by Gasteiger charge is -2.11. The molecule has 70 valence electrons. The molecule has 0 aromatic heterocycles. The van der Waals surface area contributed by atoms with Gasteiger partial charge < -0.3 is 14.6 Å². The maximum absolute atomic E-state index is 9.40. The zero-order valence-corrected chi connectivity index (χ0v) is 7.70. The molecule has 0 aliphatic heterocycles. The number of rotatable bonds is 3. The van der Waals surface area contributed by atoms with Crippen molar-refractivity contribution in [3.8, 4) is 17.2 Å². The van der Waals surface area contributed by atoms with E-state index in [0.717, 1.165) is 5.56 Å². The van der Waals surface area contributed by atoms with Gasteiger partial charge in [0.2, 0.25) is 5.75 Å². The van der Waals surface area contributed by atoms with Gasteiger partial charge >= 0.3 is 0 Å². The van der Waals surface area contributed by atoms with Gasteiger partial charge in [0.15, 0.2) is 11.5 Å². The molecule has 0 aliphatic rings. The van der Waals surface area contributed by atoms with E-state index in [1.165, 1.54) is 14.2 Å². The summed E-state index contributed by atoms with van der Waals surface area (Å²) < 4.78 is 10.1. The normalized spacial score (nSPS) is 9.38. The minimum Gasteiger partial charge on any atom is -0.504 e. The van der Waals surface area contributed by atoms with Crippen molar-refractivity contribution in [3.63, 3.8) is 0 Å². The molecule has 1 aromatic rings. The molecular weight excluding hydrogens is 168 g/mol. The Morgan fingerprint density at radius 2 is 1.85 bits per heavy atom. The fourth-order valence-electron chi connectivity index (χ4n) is 1.14. The monoisotopic (exact) mass is 180 g/mol. The fourth-order valence-corrected chi connectivity index (χ4v) is 1.14. The molecule has 0 spiro atoms. The van der Waals surface area contributed by atoms with Gasteiger partial charge in [0.1, 0.15) is 0 Å². The van der Waals surface area contributed by atoms with Crippen LogP contribution in [0.4, 0.5) is 0 Å². The van der Waals surface area contributed by atoms with Gasteiger partial charge in [-0.2, -0.15) is 0 Å². The summed E-state index contributed by atoms with van der Waals surface area (Å²) >= 11 is 0. The van der Waals surface area contributed by atoms with Gasteiger partial charge in [-0.25, -0.2) is 0 Å². The van der Waals surface area contributed by atoms with Crippen LogP contribution in [0.2, 0.25) is 0 Å². The van der Waals surface area contributed by atoms with Crippen molar-refractivity contribution in [1.29, 1.82) is 0 Å². The molecule has 0 amide bonds. The Morgan fingerprint density at radius 1 is 1.23 bits per heavy atom. The van der Waals surface area contributed by atoms with E-state index >= 15 is 0 Å². The Kier molecular flexibility index (Phi) is 2.80. The van der Waals surface area contributed by atoms with E-state index in [1.807, 2.05) is 0 Å². The molecule has 0 saturated carbocycles. The average Bonchev–Trinajstić information content (AvgIpc) is 2.17. The van der Waals surface area contributed by atoms with Crippen LogP contribution >= 0.6 is 0 Å². The minimum absolute atomic E-state index is 0.0601. The number of benzene rings is 1. The second-order valence-electron chi connectivity index (χ2n) is 2.44. The van der Waals surface area contributed by atoms with Crippen molar-refractivity contribution in [2.75, 3.05) is 14.2 Å². The molecule has 0 fully saturated rings. The Bertz CT molecular complexity index is 318. The van der Waals surface area contributed by atoms with Crippen molar-refractivity contribution in [1.82, 2.24) is 0 Å². The van der Waals surface area contributed by atoms with Gasteiger partial charge in [-0.05, 0) is 12.1 Å². The number of phenolic OH excluding ortho intramolecular Hbond substituents is 1. The third-order valence-electron chi connectivity index (χ3n) is 1.75. The van der Waals surface area contributed by atoms with Crippen molar-refractivity contribution in [2.45, 2.75) is 0 Å². The Hall–Kier alpha value is -1.64. The van der Waals surface area contributed by atoms with Crippen LogP contribution in [0, 0.1) is 0 Å². The summed E-state index contributed by atoms with van der Waals surface area (Å²) in [5, 5.41) is 9.40. The molecule has 3 nitrogen and oxygen atoms in total. The average molecular weight is 180 g/mol. The summed E-state index contributed by atoms with van der Waals surface area (Å²) in [5.74, 6) is 0.891. The van der Waals surface area contributed by atoms with E-state index in [-0.39, 0.29) is 5.75 Å². The molecule has 3 heteroatoms. The molecule has 0 heterocycles. The zero-order chi connectivity index (χ0) is 9.84. The predicted octanol–water partition coefficient (Wildman–Crippen LogP) is 2.05. The number of phenols is 1. The lowest BCUT2D eigenvalue weighted by Crippen LogP contribution is -1.93. The van der Waals surface area contributed by atoms with Gasteiger partial charge in [-0.3, -0.25) is 0 Å². The molecule has 1 aromatic carbocycles. The molecule has 0 bridgehead atoms. The highest BCUT2D eigenvalue weighted by molar-refractivity contribution is 5.65. The Labute approximate surface area is 77.2 Å². The summed E-state index contributed by atoms with van der Waals surface area (Å²) in [6.45, 7) is 3.63. The molecule has 0 unspecified atom stereocenters. The van der Waals surface area contributed by atoms with Crippen molar-refractivity contribution in [3.05, 3.63) is 24.3 Å². The van der Waals surface area contributed by atoms with E-state index < -0.39 is 0 Å². The zero-order valence-electron chi connectivity index (χ0n) is 7.70. The molecule has 13 heavy (non-hydrogen) atoms. The highest BCUT2D eigenvalue weighted by Crippen LogP contribution is 2.39. The van der Waals surface area contributed by atoms with Crippen LogP contribution in [0.1, 0.15) is 5.56 Å². The summed E-state index contributed by atoms with van der Waals surface area (Å²) in [6, 6.07) is 3.25. The molecule has 1 rings (SSSR count). The predicted molar refractivity (Wildman–Crippen MR) is 51.3 cm³/mol. The molecule has 0 atom stereocenters. The van der Waals surface area contributed by atoms with Gasteiger partial charge in [-0.1, -0.05) is 12.7 Å². The largest absolute Gasteiger partial charge is 0.504 e. The van der Waals surface area contributed by atoms with Gasteiger partial charge in [0, 0.05) is 5.56 Å². The number of hydrogen-bond acceptors (Lipinski definition) is 3. The molecule has 0 aliphatic carbocycles. The molecule has 0 radical (unpaired) electrons. The Morgan fingerprint density at radius 3 is 2.31 bits per heavy atom. The van der Waals surface area contributed by atoms with Crippen LogP contribution in [0.15, 0.2) is 18.7 Å². The topological polar surface area (TPSA) is 38.7 Å². The summed E-state index contributed by atoms with van der Waals surface area (Å²) in [5.41, 5.74) is 0.789. The number of aromatic hydroxyl groups is 1. The summed E-state index contributed by atoms with van der Waals surface area (Å²) in [7, 11) is 2.99. The quantitative estimate of drug-likeness (QED) is 0.773. The van der Waals surface area contributed by atoms with Gasteiger partial charge in [0.25, 0.3) is 0 Å². The van der Waals surface area contributed by atoms with Crippen LogP contribution in [0.5, 0.6) is 17.2 Å². The van der Waals surface area contributed by atoms with E-state index in [1.54, 1.807) is 18.2 Å². The maximum Gasteiger partial charge on any atom is 0.203 e. The first-order chi connectivity index (χ1) is 6.24. The standard InChI is InChI=1S/C10H12O3/c1-4-7-5-6-8(11)10(13-3)9(7)12-2/h4-6,11H,1H2,2-3H3. The second-order valence-corrected chi connectivity index (χ2v) is 2.44. The van der Waals surface area contributed by atoms with Gasteiger partial charge in [0.05, 0.1) is 14.2 Å². The number of hydrogen-bond donors (Lipinski definition) is 1. The van der Waals surface area contributed by atoms with Crippen molar-refractivity contribution < 1.29 is 14.6 Å². The van der Waals surface area contributed by atoms with Crippen molar-refractivity contribution >= 4 is 6.08 Å². The maximum atomic E-state index is 9.40. The highest BCUT2D eigenvalue weighted by atomic mass is 16.5. The summed E-state index contributed by atoms with van der Waals surface area (Å²) in [6.07, 6.45) is 1.64. The fraction of sp³-hybridized carbons (Fsp3) is 0.200. The van der Waals surface area contributed by atoms with Crippen molar-refractivity contribution in [2.24, 2.45) is 0 Å². The van der Waals surface area contributed by atoms with E-state index in [2.05, 4.69) is 6.58 Å². The first-order valence-electron chi connectivity index (χ1n) is 3.81. The Balaban J connectivity index is 3.35. The lowest BCUT2D eigenvalue weighted by molar-refractivity contribution is 0.332. The smallest absolute Gasteiger partial charge is 0.203 e. The third kappa shape index (κ3) is 1.59. The molecular formula is C10H12O3. The first-order valence-corrected chi connectivity index (χ1v) is 3.81. The molecule has 0 saturated heterocycles. The van der Waals surface area contributed by atoms with Crippen LogP contribution in [0.25, 0.3) is 6.08 Å². The highest BCUT2D eigenvalue weighted by Gasteiger charge is 2.11. The van der Waals surface area contributed by atoms with Crippen LogP contribution in [0.3, 0.4) is 0 Å². The minimum atomic E-state index is 0.0601. The van der Waals surface area contributed by atoms with Gasteiger partial charge in [-0.15, -0.1) is 0 Å². The van der Waals surface area contributed by atoms with E-state index in [9.17, 15) is 5.11 Å². The number of ether oxygens (including phenoxy) is 2. The molecule has 1 N–H and O–H groups in total. The summed E-state index contributed by atoms with van der Waals surface area (Å²) in [4.78, 5) is 0. The van der Waals surface area contributed by atoms with E-state index in [0.29, 0.717) is 11.5 Å². The van der Waals surface area contributed by atoms with Crippen LogP contribution in [-0.2, 0) is 0 Å². The first kappa shape index (κ1) is 9.45. The lowest BCUT2D eigenvalue weighted by atomic mass is 10.1. The SMILES string of the molecule is C=Cc1ccc(O)c(OC)c1OC. The van der Waals surface area contributed by atoms with Crippen LogP contribution in [-0.4, -0.2) is 19.3 Å².